The van der Waals surface area contributed by atoms with Crippen molar-refractivity contribution in [2.45, 2.75) is 6.92 Å². The van der Waals surface area contributed by atoms with Crippen molar-refractivity contribution < 1.29 is 14.4 Å². The summed E-state index contributed by atoms with van der Waals surface area (Å²) in [7, 11) is 0. The zero-order chi connectivity index (χ0) is 6.85. The van der Waals surface area contributed by atoms with Crippen LogP contribution in [0, 0.1) is 6.92 Å². The first-order valence-corrected chi connectivity index (χ1v) is 2.24. The number of rotatable bonds is 1. The van der Waals surface area contributed by atoms with Crippen molar-refractivity contribution in [1.29, 1.82) is 0 Å². The molecule has 0 bridgehead atoms. The number of aromatic carboxylic acids is 1. The van der Waals surface area contributed by atoms with Crippen LogP contribution in [-0.4, -0.2) is 21.4 Å². The van der Waals surface area contributed by atoms with E-state index in [1.165, 1.54) is 6.92 Å². The Labute approximate surface area is 50.3 Å². The molecule has 1 aromatic rings. The summed E-state index contributed by atoms with van der Waals surface area (Å²) in [5.74, 6) is -1.34. The molecule has 5 heteroatoms. The Kier molecular flexibility index (Phi) is 1.18. The van der Waals surface area contributed by atoms with Crippen molar-refractivity contribution in [2.24, 2.45) is 0 Å². The average molecular weight is 128 g/mol. The Bertz CT molecular complexity index is 229. The second kappa shape index (κ2) is 1.85. The van der Waals surface area contributed by atoms with Crippen LogP contribution in [0.3, 0.4) is 0 Å². The predicted molar refractivity (Wildman–Crippen MR) is 26.0 cm³/mol. The third-order valence-corrected chi connectivity index (χ3v) is 0.846. The number of hydrogen-bond donors (Lipinski definition) is 1. The summed E-state index contributed by atoms with van der Waals surface area (Å²) < 4.78 is 4.27. The molecular formula is C4H4N2O3. The van der Waals surface area contributed by atoms with Gasteiger partial charge in [-0.1, -0.05) is 0 Å². The molecule has 0 fully saturated rings. The van der Waals surface area contributed by atoms with Gasteiger partial charge in [0.2, 0.25) is 0 Å². The van der Waals surface area contributed by atoms with Gasteiger partial charge in [0.05, 0.1) is 0 Å². The highest BCUT2D eigenvalue weighted by atomic mass is 16.5. The van der Waals surface area contributed by atoms with E-state index in [4.69, 9.17) is 5.11 Å². The summed E-state index contributed by atoms with van der Waals surface area (Å²) in [6.07, 6.45) is 0. The van der Waals surface area contributed by atoms with E-state index in [1.807, 2.05) is 0 Å². The number of carbonyl (C=O) groups is 1. The Morgan fingerprint density at radius 2 is 2.44 bits per heavy atom. The van der Waals surface area contributed by atoms with E-state index in [-0.39, 0.29) is 5.76 Å². The van der Waals surface area contributed by atoms with Crippen molar-refractivity contribution in [1.82, 2.24) is 10.4 Å². The van der Waals surface area contributed by atoms with E-state index in [1.54, 1.807) is 0 Å². The fraction of sp³-hybridized carbons (Fsp3) is 0.250. The maximum atomic E-state index is 10.1. The average Bonchev–Trinajstić information content (AvgIpc) is 2.13. The SMILES string of the molecule is Cc1nnoc1C(=O)O. The molecule has 1 heterocycles. The van der Waals surface area contributed by atoms with E-state index in [0.29, 0.717) is 5.69 Å². The summed E-state index contributed by atoms with van der Waals surface area (Å²) in [6, 6.07) is 0. The van der Waals surface area contributed by atoms with E-state index in [2.05, 4.69) is 14.9 Å². The van der Waals surface area contributed by atoms with Gasteiger partial charge in [-0.3, -0.25) is 0 Å². The van der Waals surface area contributed by atoms with Gasteiger partial charge in [0.25, 0.3) is 5.76 Å². The Hall–Kier alpha value is -1.39. The lowest BCUT2D eigenvalue weighted by atomic mass is 10.4. The van der Waals surface area contributed by atoms with Gasteiger partial charge < -0.3 is 9.63 Å². The molecule has 1 rings (SSSR count). The Morgan fingerprint density at radius 1 is 1.78 bits per heavy atom. The Balaban J connectivity index is 3.08. The highest BCUT2D eigenvalue weighted by Crippen LogP contribution is 2.00. The van der Waals surface area contributed by atoms with E-state index in [9.17, 15) is 4.79 Å². The number of hydrogen-bond acceptors (Lipinski definition) is 4. The third kappa shape index (κ3) is 0.883. The van der Waals surface area contributed by atoms with Crippen molar-refractivity contribution in [3.05, 3.63) is 11.5 Å². The second-order valence-corrected chi connectivity index (χ2v) is 1.49. The molecule has 0 aromatic carbocycles. The van der Waals surface area contributed by atoms with E-state index in [0.717, 1.165) is 0 Å². The minimum Gasteiger partial charge on any atom is -0.475 e. The van der Waals surface area contributed by atoms with Gasteiger partial charge in [-0.05, 0) is 6.92 Å². The zero-order valence-corrected chi connectivity index (χ0v) is 4.66. The zero-order valence-electron chi connectivity index (χ0n) is 4.66. The smallest absolute Gasteiger partial charge is 0.376 e. The number of aryl methyl sites for hydroxylation is 1. The molecule has 9 heavy (non-hydrogen) atoms. The standard InChI is InChI=1S/C4H4N2O3/c1-2-3(4(7)8)9-6-5-2/h1H3,(H,7,8). The highest BCUT2D eigenvalue weighted by molar-refractivity contribution is 5.85. The van der Waals surface area contributed by atoms with Crippen LogP contribution in [0.5, 0.6) is 0 Å². The van der Waals surface area contributed by atoms with Crippen LogP contribution in [0.25, 0.3) is 0 Å². The van der Waals surface area contributed by atoms with Crippen LogP contribution in [-0.2, 0) is 0 Å². The predicted octanol–water partition coefficient (Wildman–Crippen LogP) is 0.0762. The molecule has 1 aromatic heterocycles. The normalized spacial score (nSPS) is 9.44. The Morgan fingerprint density at radius 3 is 2.67 bits per heavy atom. The fourth-order valence-electron chi connectivity index (χ4n) is 0.428. The summed E-state index contributed by atoms with van der Waals surface area (Å²) in [5, 5.41) is 14.7. The van der Waals surface area contributed by atoms with Gasteiger partial charge in [0.15, 0.2) is 0 Å². The minimum atomic E-state index is -1.14. The van der Waals surface area contributed by atoms with Crippen LogP contribution in [0.15, 0.2) is 4.52 Å². The van der Waals surface area contributed by atoms with Crippen LogP contribution >= 0.6 is 0 Å². The molecule has 1 N–H and O–H groups in total. The number of carboxylic acids is 1. The highest BCUT2D eigenvalue weighted by Gasteiger charge is 2.12. The first-order chi connectivity index (χ1) is 4.22. The lowest BCUT2D eigenvalue weighted by Crippen LogP contribution is -1.95. The number of aromatic nitrogens is 2. The number of carboxylic acid groups (broad SMARTS) is 1. The molecule has 0 saturated heterocycles. The molecule has 0 atom stereocenters. The van der Waals surface area contributed by atoms with Gasteiger partial charge in [-0.15, -0.1) is 5.10 Å². The van der Waals surface area contributed by atoms with Gasteiger partial charge in [0, 0.05) is 5.27 Å². The first-order valence-electron chi connectivity index (χ1n) is 2.24. The van der Waals surface area contributed by atoms with E-state index >= 15 is 0 Å². The molecule has 48 valence electrons. The van der Waals surface area contributed by atoms with Crippen LogP contribution in [0.4, 0.5) is 0 Å². The molecule has 0 aliphatic carbocycles. The summed E-state index contributed by atoms with van der Waals surface area (Å²) in [6.45, 7) is 1.51. The lowest BCUT2D eigenvalue weighted by molar-refractivity contribution is 0.0650. The lowest BCUT2D eigenvalue weighted by Gasteiger charge is -1.80. The van der Waals surface area contributed by atoms with Gasteiger partial charge in [-0.25, -0.2) is 4.79 Å². The topological polar surface area (TPSA) is 76.2 Å². The van der Waals surface area contributed by atoms with Gasteiger partial charge in [0.1, 0.15) is 5.69 Å². The summed E-state index contributed by atoms with van der Waals surface area (Å²) >= 11 is 0. The van der Waals surface area contributed by atoms with Crippen LogP contribution in [0.1, 0.15) is 16.2 Å². The molecule has 0 aliphatic heterocycles. The second-order valence-electron chi connectivity index (χ2n) is 1.49. The van der Waals surface area contributed by atoms with Crippen LogP contribution in [0.2, 0.25) is 0 Å². The first kappa shape index (κ1) is 5.74. The fourth-order valence-corrected chi connectivity index (χ4v) is 0.428. The minimum absolute atomic E-state index is 0.199. The maximum Gasteiger partial charge on any atom is 0.376 e. The van der Waals surface area contributed by atoms with Crippen molar-refractivity contribution >= 4 is 5.97 Å². The van der Waals surface area contributed by atoms with Gasteiger partial charge >= 0.3 is 5.97 Å². The van der Waals surface area contributed by atoms with E-state index < -0.39 is 5.97 Å². The molecule has 0 spiro atoms. The molecule has 0 amide bonds. The monoisotopic (exact) mass is 128 g/mol. The third-order valence-electron chi connectivity index (χ3n) is 0.846. The van der Waals surface area contributed by atoms with Crippen molar-refractivity contribution in [2.75, 3.05) is 0 Å². The summed E-state index contributed by atoms with van der Waals surface area (Å²) in [4.78, 5) is 10.1. The molecule has 0 aliphatic rings. The largest absolute Gasteiger partial charge is 0.475 e. The van der Waals surface area contributed by atoms with Crippen molar-refractivity contribution in [3.63, 3.8) is 0 Å². The summed E-state index contributed by atoms with van der Waals surface area (Å²) in [5.41, 5.74) is 0.294. The van der Waals surface area contributed by atoms with Gasteiger partial charge in [-0.2, -0.15) is 0 Å². The molecule has 0 radical (unpaired) electrons. The molecule has 5 nitrogen and oxygen atoms in total. The number of nitrogens with zero attached hydrogens (tertiary/aromatic N) is 2. The van der Waals surface area contributed by atoms with Crippen molar-refractivity contribution in [3.8, 4) is 0 Å². The molecule has 0 saturated carbocycles. The molecular weight excluding hydrogens is 124 g/mol. The van der Waals surface area contributed by atoms with Crippen LogP contribution < -0.4 is 0 Å². The molecule has 0 unspecified atom stereocenters. The maximum absolute atomic E-state index is 10.1. The quantitative estimate of drug-likeness (QED) is 0.579.